The maximum atomic E-state index is 13.1. The van der Waals surface area contributed by atoms with Crippen LogP contribution in [0.15, 0.2) is 18.2 Å². The SMILES string of the molecule is N[C@@H]1CCCCC[C@@H]1NCc1cccc2c1C(=O)N(C1CCC(=O)NC1=O)C2. The van der Waals surface area contributed by atoms with Crippen molar-refractivity contribution >= 4 is 17.7 Å². The third-order valence-electron chi connectivity index (χ3n) is 6.26. The molecule has 1 saturated heterocycles. The minimum Gasteiger partial charge on any atom is -0.326 e. The van der Waals surface area contributed by atoms with Crippen molar-refractivity contribution in [1.82, 2.24) is 15.5 Å². The first-order valence-corrected chi connectivity index (χ1v) is 10.3. The molecule has 3 aliphatic rings. The summed E-state index contributed by atoms with van der Waals surface area (Å²) in [5.41, 5.74) is 8.91. The molecule has 0 aromatic heterocycles. The molecule has 1 aliphatic carbocycles. The molecule has 0 bridgehead atoms. The van der Waals surface area contributed by atoms with Crippen LogP contribution in [0.2, 0.25) is 0 Å². The Hall–Kier alpha value is -2.25. The fraction of sp³-hybridized carbons (Fsp3) is 0.571. The van der Waals surface area contributed by atoms with Gasteiger partial charge < -0.3 is 16.0 Å². The van der Waals surface area contributed by atoms with Gasteiger partial charge in [-0.2, -0.15) is 0 Å². The van der Waals surface area contributed by atoms with Crippen molar-refractivity contribution in [3.8, 4) is 0 Å². The van der Waals surface area contributed by atoms with E-state index in [1.54, 1.807) is 4.90 Å². The lowest BCUT2D eigenvalue weighted by atomic mass is 10.0. The molecule has 3 atom stereocenters. The molecule has 3 amide bonds. The van der Waals surface area contributed by atoms with Crippen molar-refractivity contribution in [2.75, 3.05) is 0 Å². The number of carbonyl (C=O) groups is 3. The molecule has 150 valence electrons. The number of hydrogen-bond donors (Lipinski definition) is 3. The molecule has 1 aromatic carbocycles. The summed E-state index contributed by atoms with van der Waals surface area (Å²) in [5.74, 6) is -0.761. The number of imide groups is 1. The van der Waals surface area contributed by atoms with Crippen molar-refractivity contribution in [2.45, 2.75) is 76.2 Å². The van der Waals surface area contributed by atoms with Crippen molar-refractivity contribution in [3.05, 3.63) is 34.9 Å². The highest BCUT2D eigenvalue weighted by molar-refractivity contribution is 6.05. The molecule has 0 radical (unpaired) electrons. The summed E-state index contributed by atoms with van der Waals surface area (Å²) in [4.78, 5) is 38.4. The maximum Gasteiger partial charge on any atom is 0.255 e. The Labute approximate surface area is 165 Å². The zero-order valence-corrected chi connectivity index (χ0v) is 16.1. The summed E-state index contributed by atoms with van der Waals surface area (Å²) in [5, 5.41) is 5.92. The molecule has 4 N–H and O–H groups in total. The summed E-state index contributed by atoms with van der Waals surface area (Å²) >= 11 is 0. The van der Waals surface area contributed by atoms with Gasteiger partial charge in [0.15, 0.2) is 0 Å². The highest BCUT2D eigenvalue weighted by Crippen LogP contribution is 2.30. The van der Waals surface area contributed by atoms with Gasteiger partial charge in [0.2, 0.25) is 11.8 Å². The fourth-order valence-electron chi connectivity index (χ4n) is 4.67. The van der Waals surface area contributed by atoms with Crippen LogP contribution in [0.1, 0.15) is 66.4 Å². The normalized spacial score (nSPS) is 28.1. The minimum absolute atomic E-state index is 0.118. The van der Waals surface area contributed by atoms with Crippen LogP contribution >= 0.6 is 0 Å². The summed E-state index contributed by atoms with van der Waals surface area (Å²) in [6.07, 6.45) is 6.34. The lowest BCUT2D eigenvalue weighted by Gasteiger charge is -2.29. The van der Waals surface area contributed by atoms with Gasteiger partial charge in [-0.3, -0.25) is 19.7 Å². The Morgan fingerprint density at radius 3 is 2.75 bits per heavy atom. The summed E-state index contributed by atoms with van der Waals surface area (Å²) in [6, 6.07) is 5.72. The van der Waals surface area contributed by atoms with Gasteiger partial charge in [0.25, 0.3) is 5.91 Å². The first kappa shape index (κ1) is 19.1. The van der Waals surface area contributed by atoms with E-state index in [0.29, 0.717) is 25.1 Å². The number of benzene rings is 1. The van der Waals surface area contributed by atoms with Gasteiger partial charge in [0.1, 0.15) is 6.04 Å². The predicted octanol–water partition coefficient (Wildman–Crippen LogP) is 1.20. The summed E-state index contributed by atoms with van der Waals surface area (Å²) in [7, 11) is 0. The highest BCUT2D eigenvalue weighted by atomic mass is 16.2. The average molecular weight is 384 g/mol. The van der Waals surface area contributed by atoms with E-state index in [1.165, 1.54) is 19.3 Å². The predicted molar refractivity (Wildman–Crippen MR) is 104 cm³/mol. The largest absolute Gasteiger partial charge is 0.326 e. The first-order chi connectivity index (χ1) is 13.5. The molecule has 1 saturated carbocycles. The van der Waals surface area contributed by atoms with Crippen LogP contribution in [0.3, 0.4) is 0 Å². The van der Waals surface area contributed by atoms with Crippen LogP contribution in [-0.4, -0.2) is 40.7 Å². The minimum atomic E-state index is -0.575. The Kier molecular flexibility index (Phi) is 5.46. The summed E-state index contributed by atoms with van der Waals surface area (Å²) in [6.45, 7) is 1.01. The number of nitrogens with one attached hydrogen (secondary N) is 2. The number of piperidine rings is 1. The second-order valence-corrected chi connectivity index (χ2v) is 8.14. The van der Waals surface area contributed by atoms with Gasteiger partial charge in [-0.05, 0) is 30.4 Å². The molecular formula is C21H28N4O3. The Morgan fingerprint density at radius 1 is 1.11 bits per heavy atom. The third kappa shape index (κ3) is 3.69. The first-order valence-electron chi connectivity index (χ1n) is 10.3. The van der Waals surface area contributed by atoms with Crippen molar-refractivity contribution in [3.63, 3.8) is 0 Å². The Morgan fingerprint density at radius 2 is 1.93 bits per heavy atom. The van der Waals surface area contributed by atoms with E-state index >= 15 is 0 Å². The lowest BCUT2D eigenvalue weighted by Crippen LogP contribution is -2.52. The van der Waals surface area contributed by atoms with Crippen molar-refractivity contribution < 1.29 is 14.4 Å². The molecule has 4 rings (SSSR count). The number of fused-ring (bicyclic) bond motifs is 1. The third-order valence-corrected chi connectivity index (χ3v) is 6.26. The fourth-order valence-corrected chi connectivity index (χ4v) is 4.67. The van der Waals surface area contributed by atoms with E-state index in [9.17, 15) is 14.4 Å². The van der Waals surface area contributed by atoms with Crippen LogP contribution in [0.4, 0.5) is 0 Å². The smallest absolute Gasteiger partial charge is 0.255 e. The monoisotopic (exact) mass is 384 g/mol. The lowest BCUT2D eigenvalue weighted by molar-refractivity contribution is -0.136. The molecule has 7 heteroatoms. The highest BCUT2D eigenvalue weighted by Gasteiger charge is 2.40. The molecular weight excluding hydrogens is 356 g/mol. The van der Waals surface area contributed by atoms with Gasteiger partial charge in [-0.15, -0.1) is 0 Å². The van der Waals surface area contributed by atoms with E-state index in [4.69, 9.17) is 5.73 Å². The standard InChI is InChI=1S/C21H28N4O3/c22-15-7-2-1-3-8-16(15)23-11-13-5-4-6-14-12-25(21(28)19(13)14)17-9-10-18(26)24-20(17)27/h4-6,15-17,23H,1-3,7-12,22H2,(H,24,26,27)/t15-,16+,17?/m1/s1. The zero-order valence-electron chi connectivity index (χ0n) is 16.1. The number of hydrogen-bond acceptors (Lipinski definition) is 5. The van der Waals surface area contributed by atoms with E-state index in [-0.39, 0.29) is 36.2 Å². The van der Waals surface area contributed by atoms with Gasteiger partial charge in [-0.25, -0.2) is 0 Å². The number of amides is 3. The average Bonchev–Trinajstić information content (AvgIpc) is 2.86. The molecule has 0 spiro atoms. The van der Waals surface area contributed by atoms with Gasteiger partial charge in [0, 0.05) is 37.2 Å². The number of rotatable bonds is 4. The number of carbonyl (C=O) groups excluding carboxylic acids is 3. The quantitative estimate of drug-likeness (QED) is 0.534. The van der Waals surface area contributed by atoms with Crippen LogP contribution in [0.5, 0.6) is 0 Å². The summed E-state index contributed by atoms with van der Waals surface area (Å²) < 4.78 is 0. The van der Waals surface area contributed by atoms with Crippen molar-refractivity contribution in [1.29, 1.82) is 0 Å². The van der Waals surface area contributed by atoms with Gasteiger partial charge in [-0.1, -0.05) is 37.5 Å². The number of nitrogens with zero attached hydrogens (tertiary/aromatic N) is 1. The molecule has 2 heterocycles. The maximum absolute atomic E-state index is 13.1. The van der Waals surface area contributed by atoms with Crippen LogP contribution in [0.25, 0.3) is 0 Å². The topological polar surface area (TPSA) is 105 Å². The number of nitrogens with two attached hydrogens (primary N) is 1. The zero-order chi connectivity index (χ0) is 19.7. The molecule has 1 unspecified atom stereocenters. The second-order valence-electron chi connectivity index (χ2n) is 8.14. The van der Waals surface area contributed by atoms with E-state index in [1.807, 2.05) is 18.2 Å². The van der Waals surface area contributed by atoms with Crippen LogP contribution in [-0.2, 0) is 22.7 Å². The van der Waals surface area contributed by atoms with E-state index in [2.05, 4.69) is 10.6 Å². The molecule has 7 nitrogen and oxygen atoms in total. The molecule has 2 aliphatic heterocycles. The van der Waals surface area contributed by atoms with Crippen LogP contribution < -0.4 is 16.4 Å². The molecule has 2 fully saturated rings. The van der Waals surface area contributed by atoms with E-state index in [0.717, 1.165) is 24.0 Å². The second kappa shape index (κ2) is 8.01. The van der Waals surface area contributed by atoms with E-state index < -0.39 is 6.04 Å². The van der Waals surface area contributed by atoms with Crippen LogP contribution in [0, 0.1) is 0 Å². The molecule has 28 heavy (non-hydrogen) atoms. The van der Waals surface area contributed by atoms with Crippen molar-refractivity contribution in [2.24, 2.45) is 5.73 Å². The van der Waals surface area contributed by atoms with Gasteiger partial charge in [0.05, 0.1) is 0 Å². The molecule has 1 aromatic rings. The Balaban J connectivity index is 1.49. The van der Waals surface area contributed by atoms with Gasteiger partial charge >= 0.3 is 0 Å². The Bertz CT molecular complexity index is 794.